The SMILES string of the molecule is COc1cc(NC(=O)NC(CC2CCOC2)c2ccccc2)ccn1. The Balaban J connectivity index is 1.66. The minimum absolute atomic E-state index is 0.0587. The number of aromatic nitrogens is 1. The number of hydrogen-bond donors (Lipinski definition) is 2. The van der Waals surface area contributed by atoms with Crippen molar-refractivity contribution in [2.45, 2.75) is 18.9 Å². The number of rotatable bonds is 6. The highest BCUT2D eigenvalue weighted by molar-refractivity contribution is 5.89. The van der Waals surface area contributed by atoms with E-state index in [0.717, 1.165) is 31.6 Å². The van der Waals surface area contributed by atoms with Gasteiger partial charge in [-0.05, 0) is 30.4 Å². The van der Waals surface area contributed by atoms with Crippen LogP contribution < -0.4 is 15.4 Å². The molecule has 1 aliphatic rings. The van der Waals surface area contributed by atoms with Gasteiger partial charge in [0.25, 0.3) is 0 Å². The molecule has 1 aromatic carbocycles. The van der Waals surface area contributed by atoms with Gasteiger partial charge in [0.2, 0.25) is 5.88 Å². The van der Waals surface area contributed by atoms with Gasteiger partial charge in [0.1, 0.15) is 0 Å². The van der Waals surface area contributed by atoms with Gasteiger partial charge in [0.15, 0.2) is 0 Å². The summed E-state index contributed by atoms with van der Waals surface area (Å²) in [6.07, 6.45) is 3.49. The topological polar surface area (TPSA) is 72.5 Å². The second-order valence-electron chi connectivity index (χ2n) is 6.11. The summed E-state index contributed by atoms with van der Waals surface area (Å²) in [5.74, 6) is 0.923. The van der Waals surface area contributed by atoms with Gasteiger partial charge in [0.05, 0.1) is 13.2 Å². The molecule has 132 valence electrons. The van der Waals surface area contributed by atoms with Gasteiger partial charge in [-0.2, -0.15) is 0 Å². The molecule has 2 atom stereocenters. The third kappa shape index (κ3) is 4.93. The molecule has 6 nitrogen and oxygen atoms in total. The Morgan fingerprint density at radius 1 is 1.36 bits per heavy atom. The average molecular weight is 341 g/mol. The minimum atomic E-state index is -0.249. The molecule has 1 saturated heterocycles. The maximum absolute atomic E-state index is 12.5. The number of amides is 2. The van der Waals surface area contributed by atoms with E-state index in [2.05, 4.69) is 15.6 Å². The average Bonchev–Trinajstić information content (AvgIpc) is 3.15. The third-order valence-corrected chi connectivity index (χ3v) is 4.30. The lowest BCUT2D eigenvalue weighted by atomic mass is 9.94. The molecule has 2 amide bonds. The summed E-state index contributed by atoms with van der Waals surface area (Å²) in [5.41, 5.74) is 1.73. The molecule has 25 heavy (non-hydrogen) atoms. The van der Waals surface area contributed by atoms with Crippen LogP contribution in [0.25, 0.3) is 0 Å². The minimum Gasteiger partial charge on any atom is -0.481 e. The first kappa shape index (κ1) is 17.2. The predicted octanol–water partition coefficient (Wildman–Crippen LogP) is 3.38. The summed E-state index contributed by atoms with van der Waals surface area (Å²) in [4.78, 5) is 16.5. The maximum atomic E-state index is 12.5. The van der Waals surface area contributed by atoms with E-state index in [4.69, 9.17) is 9.47 Å². The number of urea groups is 1. The smallest absolute Gasteiger partial charge is 0.319 e. The van der Waals surface area contributed by atoms with E-state index in [0.29, 0.717) is 17.5 Å². The lowest BCUT2D eigenvalue weighted by Gasteiger charge is -2.22. The molecular weight excluding hydrogens is 318 g/mol. The second kappa shape index (κ2) is 8.48. The highest BCUT2D eigenvalue weighted by atomic mass is 16.5. The number of methoxy groups -OCH3 is 1. The quantitative estimate of drug-likeness (QED) is 0.845. The largest absolute Gasteiger partial charge is 0.481 e. The number of nitrogens with one attached hydrogen (secondary N) is 2. The van der Waals surface area contributed by atoms with E-state index >= 15 is 0 Å². The fourth-order valence-corrected chi connectivity index (χ4v) is 2.99. The van der Waals surface area contributed by atoms with Crippen LogP contribution >= 0.6 is 0 Å². The zero-order valence-electron chi connectivity index (χ0n) is 14.3. The van der Waals surface area contributed by atoms with Crippen molar-refractivity contribution in [2.24, 2.45) is 5.92 Å². The Morgan fingerprint density at radius 3 is 2.92 bits per heavy atom. The summed E-state index contributed by atoms with van der Waals surface area (Å²) >= 11 is 0. The van der Waals surface area contributed by atoms with Crippen LogP contribution in [0.5, 0.6) is 5.88 Å². The third-order valence-electron chi connectivity index (χ3n) is 4.30. The first-order chi connectivity index (χ1) is 12.2. The summed E-state index contributed by atoms with van der Waals surface area (Å²) in [6.45, 7) is 1.56. The fourth-order valence-electron chi connectivity index (χ4n) is 2.99. The molecule has 2 unspecified atom stereocenters. The van der Waals surface area contributed by atoms with Crippen molar-refractivity contribution in [3.05, 3.63) is 54.2 Å². The van der Waals surface area contributed by atoms with Gasteiger partial charge >= 0.3 is 6.03 Å². The summed E-state index contributed by atoms with van der Waals surface area (Å²) < 4.78 is 10.5. The van der Waals surface area contributed by atoms with Crippen molar-refractivity contribution in [3.8, 4) is 5.88 Å². The highest BCUT2D eigenvalue weighted by Crippen LogP contribution is 2.26. The molecule has 0 aliphatic carbocycles. The number of hydrogen-bond acceptors (Lipinski definition) is 4. The van der Waals surface area contributed by atoms with Crippen LogP contribution in [0, 0.1) is 5.92 Å². The monoisotopic (exact) mass is 341 g/mol. The van der Waals surface area contributed by atoms with Crippen molar-refractivity contribution in [2.75, 3.05) is 25.6 Å². The van der Waals surface area contributed by atoms with Gasteiger partial charge in [-0.1, -0.05) is 30.3 Å². The molecule has 1 aromatic heterocycles. The Bertz CT molecular complexity index is 687. The molecule has 6 heteroatoms. The normalized spacial score (nSPS) is 17.7. The van der Waals surface area contributed by atoms with Gasteiger partial charge < -0.3 is 20.1 Å². The molecule has 0 bridgehead atoms. The summed E-state index contributed by atoms with van der Waals surface area (Å²) in [7, 11) is 1.54. The number of benzene rings is 1. The van der Waals surface area contributed by atoms with E-state index in [-0.39, 0.29) is 12.1 Å². The first-order valence-corrected chi connectivity index (χ1v) is 8.45. The van der Waals surface area contributed by atoms with Gasteiger partial charge in [-0.3, -0.25) is 0 Å². The van der Waals surface area contributed by atoms with Crippen LogP contribution in [0.2, 0.25) is 0 Å². The zero-order chi connectivity index (χ0) is 17.5. The molecule has 1 aliphatic heterocycles. The van der Waals surface area contributed by atoms with Gasteiger partial charge in [0, 0.05) is 31.2 Å². The molecule has 2 heterocycles. The van der Waals surface area contributed by atoms with Gasteiger partial charge in [-0.25, -0.2) is 9.78 Å². The van der Waals surface area contributed by atoms with Crippen molar-refractivity contribution < 1.29 is 14.3 Å². The van der Waals surface area contributed by atoms with E-state index in [1.165, 1.54) is 0 Å². The number of ether oxygens (including phenoxy) is 2. The maximum Gasteiger partial charge on any atom is 0.319 e. The van der Waals surface area contributed by atoms with E-state index in [1.807, 2.05) is 30.3 Å². The molecule has 0 spiro atoms. The molecule has 1 fully saturated rings. The molecule has 3 rings (SSSR count). The van der Waals surface area contributed by atoms with Crippen molar-refractivity contribution in [1.82, 2.24) is 10.3 Å². The van der Waals surface area contributed by atoms with Crippen LogP contribution in [0.4, 0.5) is 10.5 Å². The Labute approximate surface area is 147 Å². The molecule has 2 N–H and O–H groups in total. The van der Waals surface area contributed by atoms with E-state index in [1.54, 1.807) is 25.4 Å². The lowest BCUT2D eigenvalue weighted by Crippen LogP contribution is -2.33. The highest BCUT2D eigenvalue weighted by Gasteiger charge is 2.23. The fraction of sp³-hybridized carbons (Fsp3) is 0.368. The predicted molar refractivity (Wildman–Crippen MR) is 95.7 cm³/mol. The lowest BCUT2D eigenvalue weighted by molar-refractivity contribution is 0.181. The van der Waals surface area contributed by atoms with Crippen LogP contribution in [0.3, 0.4) is 0 Å². The van der Waals surface area contributed by atoms with E-state index < -0.39 is 0 Å². The number of pyridine rings is 1. The second-order valence-corrected chi connectivity index (χ2v) is 6.11. The van der Waals surface area contributed by atoms with Crippen molar-refractivity contribution in [3.63, 3.8) is 0 Å². The zero-order valence-corrected chi connectivity index (χ0v) is 14.3. The van der Waals surface area contributed by atoms with Crippen molar-refractivity contribution in [1.29, 1.82) is 0 Å². The van der Waals surface area contributed by atoms with Crippen LogP contribution in [-0.4, -0.2) is 31.3 Å². The van der Waals surface area contributed by atoms with Crippen molar-refractivity contribution >= 4 is 11.7 Å². The molecule has 0 radical (unpaired) electrons. The Hall–Kier alpha value is -2.60. The molecule has 2 aromatic rings. The van der Waals surface area contributed by atoms with Crippen LogP contribution in [0.15, 0.2) is 48.7 Å². The number of carbonyl (C=O) groups is 1. The number of carbonyl (C=O) groups excluding carboxylic acids is 1. The molecular formula is C19H23N3O3. The van der Waals surface area contributed by atoms with Crippen LogP contribution in [-0.2, 0) is 4.74 Å². The standard InChI is InChI=1S/C19H23N3O3/c1-24-18-12-16(7-9-20-18)21-19(23)22-17(11-14-8-10-25-13-14)15-5-3-2-4-6-15/h2-7,9,12,14,17H,8,10-11,13H2,1H3,(H2,20,21,22,23). The van der Waals surface area contributed by atoms with Crippen LogP contribution in [0.1, 0.15) is 24.4 Å². The summed E-state index contributed by atoms with van der Waals surface area (Å²) in [5, 5.41) is 5.92. The Morgan fingerprint density at radius 2 is 2.20 bits per heavy atom. The van der Waals surface area contributed by atoms with E-state index in [9.17, 15) is 4.79 Å². The number of anilines is 1. The first-order valence-electron chi connectivity index (χ1n) is 8.45. The number of nitrogens with zero attached hydrogens (tertiary/aromatic N) is 1. The summed E-state index contributed by atoms with van der Waals surface area (Å²) in [6, 6.07) is 13.1. The molecule has 0 saturated carbocycles. The van der Waals surface area contributed by atoms with Gasteiger partial charge in [-0.15, -0.1) is 0 Å². The Kier molecular flexibility index (Phi) is 5.85.